The van der Waals surface area contributed by atoms with Gasteiger partial charge in [0.05, 0.1) is 42.1 Å². The first kappa shape index (κ1) is 40.3. The second kappa shape index (κ2) is 18.9. The standard InChI is InChI=1S/C38H52N6O7S2/c1-4-27(2)36(44-19-18-42(38(44)47)23-31-26-52-35(40-31)25-51-3)37(46)41-33(20-28-10-6-5-7-11-28)34(45)24-43(22-30-12-8-9-13-30)53(49,50)32-16-14-29(15-17-32)21-39-48/h5-7,10-11,14-17,21,26-27,30,33-34,36,45,48H,4,8-9,12-13,18-20,22-25H2,1-3H3,(H,41,46)/t27-,33-,34-,36-/m0/s1. The number of nitrogens with zero attached hydrogens (tertiary/aromatic N) is 5. The molecule has 15 heteroatoms. The molecule has 2 aromatic carbocycles. The highest BCUT2D eigenvalue weighted by Gasteiger charge is 2.41. The van der Waals surface area contributed by atoms with E-state index in [9.17, 15) is 23.1 Å². The van der Waals surface area contributed by atoms with Gasteiger partial charge >= 0.3 is 6.03 Å². The largest absolute Gasteiger partial charge is 0.411 e. The summed E-state index contributed by atoms with van der Waals surface area (Å²) in [4.78, 5) is 36.1. The Kier molecular flexibility index (Phi) is 14.4. The van der Waals surface area contributed by atoms with Gasteiger partial charge in [-0.2, -0.15) is 4.31 Å². The van der Waals surface area contributed by atoms with Crippen LogP contribution >= 0.6 is 11.3 Å². The number of oxime groups is 1. The van der Waals surface area contributed by atoms with E-state index in [0.717, 1.165) is 41.9 Å². The van der Waals surface area contributed by atoms with Crippen molar-refractivity contribution in [1.82, 2.24) is 24.4 Å². The third-order valence-corrected chi connectivity index (χ3v) is 13.0. The van der Waals surface area contributed by atoms with Gasteiger partial charge in [0.2, 0.25) is 15.9 Å². The minimum absolute atomic E-state index is 0.0583. The fraction of sp³-hybridized carbons (Fsp3) is 0.526. The summed E-state index contributed by atoms with van der Waals surface area (Å²) in [6.45, 7) is 5.43. The Morgan fingerprint density at radius 1 is 1.15 bits per heavy atom. The molecule has 2 aliphatic rings. The van der Waals surface area contributed by atoms with Crippen molar-refractivity contribution in [3.05, 3.63) is 81.8 Å². The average molecular weight is 769 g/mol. The lowest BCUT2D eigenvalue weighted by Crippen LogP contribution is -2.57. The number of aliphatic hydroxyl groups excluding tert-OH is 1. The number of hydrogen-bond donors (Lipinski definition) is 3. The highest BCUT2D eigenvalue weighted by atomic mass is 32.2. The van der Waals surface area contributed by atoms with Crippen LogP contribution in [-0.4, -0.2) is 107 Å². The SMILES string of the molecule is CC[C@H](C)[C@@H](C(=O)N[C@@H](Cc1ccccc1)[C@@H](O)CN(CC1CCCC1)S(=O)(=O)c1ccc(C=NO)cc1)N1CCN(Cc2csc(COC)n2)C1=O. The maximum atomic E-state index is 14.4. The number of carbonyl (C=O) groups excluding carboxylic acids is 2. The molecule has 0 spiro atoms. The highest BCUT2D eigenvalue weighted by molar-refractivity contribution is 7.89. The molecule has 0 radical (unpaired) electrons. The maximum absolute atomic E-state index is 14.4. The molecule has 1 saturated heterocycles. The molecule has 1 saturated carbocycles. The number of aromatic nitrogens is 1. The van der Waals surface area contributed by atoms with Crippen LogP contribution in [0.3, 0.4) is 0 Å². The quantitative estimate of drug-likeness (QED) is 0.0896. The van der Waals surface area contributed by atoms with E-state index < -0.39 is 34.1 Å². The lowest BCUT2D eigenvalue weighted by Gasteiger charge is -2.35. The third kappa shape index (κ3) is 10.4. The van der Waals surface area contributed by atoms with Crippen molar-refractivity contribution in [3.8, 4) is 0 Å². The second-order valence-corrected chi connectivity index (χ2v) is 16.9. The number of urea groups is 1. The summed E-state index contributed by atoms with van der Waals surface area (Å²) in [6.07, 6.45) is 4.66. The maximum Gasteiger partial charge on any atom is 0.321 e. The summed E-state index contributed by atoms with van der Waals surface area (Å²) < 4.78 is 34.8. The molecule has 1 aliphatic carbocycles. The third-order valence-electron chi connectivity index (χ3n) is 10.3. The zero-order valence-corrected chi connectivity index (χ0v) is 32.3. The van der Waals surface area contributed by atoms with Crippen LogP contribution in [0.2, 0.25) is 0 Å². The van der Waals surface area contributed by atoms with Gasteiger partial charge in [0.15, 0.2) is 0 Å². The molecular formula is C38H52N6O7S2. The summed E-state index contributed by atoms with van der Waals surface area (Å²) in [6, 6.07) is 13.6. The van der Waals surface area contributed by atoms with E-state index in [2.05, 4.69) is 15.5 Å². The van der Waals surface area contributed by atoms with Crippen LogP contribution in [-0.2, 0) is 39.1 Å². The van der Waals surface area contributed by atoms with Gasteiger partial charge in [-0.25, -0.2) is 18.2 Å². The van der Waals surface area contributed by atoms with Crippen LogP contribution in [0.15, 0.2) is 70.0 Å². The molecule has 1 aromatic heterocycles. The number of aliphatic hydroxyl groups is 1. The van der Waals surface area contributed by atoms with Crippen LogP contribution < -0.4 is 5.32 Å². The Morgan fingerprint density at radius 2 is 1.87 bits per heavy atom. The second-order valence-electron chi connectivity index (χ2n) is 14.1. The molecule has 3 aromatic rings. The summed E-state index contributed by atoms with van der Waals surface area (Å²) >= 11 is 1.47. The van der Waals surface area contributed by atoms with Crippen LogP contribution in [0.25, 0.3) is 0 Å². The lowest BCUT2D eigenvalue weighted by atomic mass is 9.95. The Labute approximate surface area is 316 Å². The van der Waals surface area contributed by atoms with Crippen molar-refractivity contribution in [2.24, 2.45) is 17.0 Å². The molecule has 5 rings (SSSR count). The molecular weight excluding hydrogens is 717 g/mol. The summed E-state index contributed by atoms with van der Waals surface area (Å²) in [7, 11) is -2.45. The van der Waals surface area contributed by atoms with E-state index in [1.54, 1.807) is 29.0 Å². The molecule has 288 valence electrons. The van der Waals surface area contributed by atoms with E-state index >= 15 is 0 Å². The van der Waals surface area contributed by atoms with Crippen LogP contribution in [0.1, 0.15) is 67.8 Å². The molecule has 2 heterocycles. The first-order valence-electron chi connectivity index (χ1n) is 18.3. The highest BCUT2D eigenvalue weighted by Crippen LogP contribution is 2.29. The number of methoxy groups -OCH3 is 1. The average Bonchev–Trinajstić information content (AvgIpc) is 3.92. The summed E-state index contributed by atoms with van der Waals surface area (Å²) in [5, 5.41) is 29.7. The van der Waals surface area contributed by atoms with E-state index in [4.69, 9.17) is 9.94 Å². The number of hydrogen-bond acceptors (Lipinski definition) is 10. The van der Waals surface area contributed by atoms with E-state index in [1.165, 1.54) is 34.0 Å². The fourth-order valence-corrected chi connectivity index (χ4v) is 9.48. The van der Waals surface area contributed by atoms with Gasteiger partial charge in [-0.15, -0.1) is 11.3 Å². The monoisotopic (exact) mass is 768 g/mol. The minimum atomic E-state index is -4.05. The van der Waals surface area contributed by atoms with Gasteiger partial charge in [-0.05, 0) is 54.4 Å². The minimum Gasteiger partial charge on any atom is -0.411 e. The van der Waals surface area contributed by atoms with Crippen LogP contribution in [0, 0.1) is 11.8 Å². The predicted octanol–water partition coefficient (Wildman–Crippen LogP) is 4.72. The number of nitrogens with one attached hydrogen (secondary N) is 1. The molecule has 0 unspecified atom stereocenters. The van der Waals surface area contributed by atoms with E-state index in [-0.39, 0.29) is 42.3 Å². The van der Waals surface area contributed by atoms with Crippen molar-refractivity contribution in [1.29, 1.82) is 0 Å². The number of ether oxygens (including phenoxy) is 1. The molecule has 13 nitrogen and oxygen atoms in total. The Balaban J connectivity index is 1.38. The number of amides is 3. The number of rotatable bonds is 19. The zero-order valence-electron chi connectivity index (χ0n) is 30.7. The molecule has 3 amide bonds. The summed E-state index contributed by atoms with van der Waals surface area (Å²) in [5.74, 6) is -0.439. The first-order valence-corrected chi connectivity index (χ1v) is 20.6. The van der Waals surface area contributed by atoms with Gasteiger partial charge in [-0.1, -0.05) is 80.7 Å². The fourth-order valence-electron chi connectivity index (χ4n) is 7.19. The number of benzene rings is 2. The van der Waals surface area contributed by atoms with Gasteiger partial charge in [0.25, 0.3) is 0 Å². The molecule has 3 N–H and O–H groups in total. The van der Waals surface area contributed by atoms with Gasteiger partial charge in [0, 0.05) is 38.7 Å². The number of thiazole rings is 1. The topological polar surface area (TPSA) is 165 Å². The number of sulfonamides is 1. The smallest absolute Gasteiger partial charge is 0.321 e. The molecule has 2 fully saturated rings. The molecule has 0 bridgehead atoms. The normalized spacial score (nSPS) is 17.9. The Bertz CT molecular complexity index is 1770. The summed E-state index contributed by atoms with van der Waals surface area (Å²) in [5.41, 5.74) is 2.16. The van der Waals surface area contributed by atoms with E-state index in [1.807, 2.05) is 49.6 Å². The van der Waals surface area contributed by atoms with Crippen molar-refractivity contribution in [3.63, 3.8) is 0 Å². The van der Waals surface area contributed by atoms with Crippen molar-refractivity contribution < 1.29 is 33.1 Å². The van der Waals surface area contributed by atoms with Crippen LogP contribution in [0.4, 0.5) is 4.79 Å². The molecule has 4 atom stereocenters. The molecule has 53 heavy (non-hydrogen) atoms. The van der Waals surface area contributed by atoms with Crippen molar-refractivity contribution >= 4 is 39.5 Å². The van der Waals surface area contributed by atoms with Gasteiger partial charge in [-0.3, -0.25) is 4.79 Å². The van der Waals surface area contributed by atoms with Gasteiger partial charge in [0.1, 0.15) is 11.0 Å². The van der Waals surface area contributed by atoms with Gasteiger partial charge < -0.3 is 30.2 Å². The van der Waals surface area contributed by atoms with Crippen molar-refractivity contribution in [2.45, 2.75) is 88.6 Å². The number of carbonyl (C=O) groups is 2. The first-order chi connectivity index (χ1) is 25.5. The molecule has 1 aliphatic heterocycles. The predicted molar refractivity (Wildman–Crippen MR) is 203 cm³/mol. The zero-order chi connectivity index (χ0) is 38.0. The Hall–Kier alpha value is -3.89. The van der Waals surface area contributed by atoms with E-state index in [0.29, 0.717) is 38.2 Å². The Morgan fingerprint density at radius 3 is 2.53 bits per heavy atom. The van der Waals surface area contributed by atoms with Crippen molar-refractivity contribution in [2.75, 3.05) is 33.3 Å². The lowest BCUT2D eigenvalue weighted by molar-refractivity contribution is -0.128. The van der Waals surface area contributed by atoms with Crippen LogP contribution in [0.5, 0.6) is 0 Å².